The van der Waals surface area contributed by atoms with Gasteiger partial charge in [-0.15, -0.1) is 11.3 Å². The van der Waals surface area contributed by atoms with E-state index in [1.807, 2.05) is 12.1 Å². The van der Waals surface area contributed by atoms with Crippen LogP contribution in [0.3, 0.4) is 0 Å². The Balaban J connectivity index is 2.16. The summed E-state index contributed by atoms with van der Waals surface area (Å²) in [4.78, 5) is 5.44. The molecule has 2 rings (SSSR count). The number of thiophene rings is 1. The van der Waals surface area contributed by atoms with Crippen LogP contribution in [0.4, 0.5) is 11.5 Å². The summed E-state index contributed by atoms with van der Waals surface area (Å²) in [5.74, 6) is 1.07. The monoisotopic (exact) mass is 247 g/mol. The number of nitrogens with one attached hydrogen (secondary N) is 1. The predicted molar refractivity (Wildman–Crippen MR) is 74.2 cm³/mol. The van der Waals surface area contributed by atoms with Crippen molar-refractivity contribution in [3.05, 3.63) is 40.7 Å². The Hall–Kier alpha value is -1.55. The van der Waals surface area contributed by atoms with Crippen LogP contribution in [0.1, 0.15) is 24.8 Å². The van der Waals surface area contributed by atoms with Crippen LogP contribution in [-0.2, 0) is 0 Å². The highest BCUT2D eigenvalue weighted by Crippen LogP contribution is 2.29. The lowest BCUT2D eigenvalue weighted by atomic mass is 10.0. The molecule has 0 spiro atoms. The molecule has 3 nitrogen and oxygen atoms in total. The van der Waals surface area contributed by atoms with Crippen molar-refractivity contribution in [1.82, 2.24) is 4.98 Å². The van der Waals surface area contributed by atoms with Gasteiger partial charge in [-0.1, -0.05) is 19.9 Å². The zero-order chi connectivity index (χ0) is 12.3. The summed E-state index contributed by atoms with van der Waals surface area (Å²) in [6.45, 7) is 4.42. The third kappa shape index (κ3) is 2.97. The Kier molecular flexibility index (Phi) is 3.64. The molecule has 0 fully saturated rings. The van der Waals surface area contributed by atoms with Gasteiger partial charge in [-0.2, -0.15) is 0 Å². The highest BCUT2D eigenvalue weighted by molar-refractivity contribution is 7.10. The van der Waals surface area contributed by atoms with Gasteiger partial charge in [-0.25, -0.2) is 4.98 Å². The number of anilines is 2. The van der Waals surface area contributed by atoms with Crippen molar-refractivity contribution in [2.24, 2.45) is 5.92 Å². The average Bonchev–Trinajstić information content (AvgIpc) is 2.81. The smallest absolute Gasteiger partial charge is 0.123 e. The first-order valence-electron chi connectivity index (χ1n) is 5.68. The van der Waals surface area contributed by atoms with Crippen molar-refractivity contribution in [1.29, 1.82) is 0 Å². The first kappa shape index (κ1) is 11.9. The van der Waals surface area contributed by atoms with E-state index < -0.39 is 0 Å². The van der Waals surface area contributed by atoms with Crippen LogP contribution in [0.25, 0.3) is 0 Å². The van der Waals surface area contributed by atoms with Gasteiger partial charge in [-0.3, -0.25) is 0 Å². The predicted octanol–water partition coefficient (Wildman–Crippen LogP) is 3.53. The zero-order valence-electron chi connectivity index (χ0n) is 10.1. The Morgan fingerprint density at radius 2 is 2.12 bits per heavy atom. The second-order valence-corrected chi connectivity index (χ2v) is 5.33. The van der Waals surface area contributed by atoms with Crippen LogP contribution in [0.15, 0.2) is 35.8 Å². The fourth-order valence-corrected chi connectivity index (χ4v) is 2.65. The SMILES string of the molecule is CC(C)C(Nc1ccc(N)nc1)c1cccs1. The van der Waals surface area contributed by atoms with E-state index in [-0.39, 0.29) is 0 Å². The van der Waals surface area contributed by atoms with Crippen molar-refractivity contribution in [2.75, 3.05) is 11.1 Å². The minimum Gasteiger partial charge on any atom is -0.384 e. The normalized spacial score (nSPS) is 12.6. The van der Waals surface area contributed by atoms with E-state index in [1.165, 1.54) is 4.88 Å². The van der Waals surface area contributed by atoms with E-state index in [2.05, 4.69) is 41.7 Å². The van der Waals surface area contributed by atoms with Gasteiger partial charge in [0, 0.05) is 4.88 Å². The summed E-state index contributed by atoms with van der Waals surface area (Å²) < 4.78 is 0. The quantitative estimate of drug-likeness (QED) is 0.869. The largest absolute Gasteiger partial charge is 0.384 e. The van der Waals surface area contributed by atoms with E-state index >= 15 is 0 Å². The van der Waals surface area contributed by atoms with Crippen molar-refractivity contribution >= 4 is 22.8 Å². The van der Waals surface area contributed by atoms with Crippen LogP contribution in [0, 0.1) is 5.92 Å². The van der Waals surface area contributed by atoms with Crippen LogP contribution in [0.2, 0.25) is 0 Å². The summed E-state index contributed by atoms with van der Waals surface area (Å²) in [6, 6.07) is 8.34. The Labute approximate surface area is 106 Å². The summed E-state index contributed by atoms with van der Waals surface area (Å²) in [6.07, 6.45) is 1.78. The molecule has 2 aromatic rings. The maximum atomic E-state index is 5.58. The van der Waals surface area contributed by atoms with Gasteiger partial charge in [0.05, 0.1) is 17.9 Å². The molecule has 0 aliphatic heterocycles. The zero-order valence-corrected chi connectivity index (χ0v) is 10.9. The molecule has 1 atom stereocenters. The lowest BCUT2D eigenvalue weighted by molar-refractivity contribution is 0.553. The molecule has 0 saturated heterocycles. The molecule has 0 amide bonds. The van der Waals surface area contributed by atoms with Gasteiger partial charge in [0.2, 0.25) is 0 Å². The second-order valence-electron chi connectivity index (χ2n) is 4.35. The first-order chi connectivity index (χ1) is 8.16. The van der Waals surface area contributed by atoms with Crippen molar-refractivity contribution in [3.8, 4) is 0 Å². The maximum Gasteiger partial charge on any atom is 0.123 e. The molecule has 0 radical (unpaired) electrons. The molecule has 90 valence electrons. The summed E-state index contributed by atoms with van der Waals surface area (Å²) in [5.41, 5.74) is 6.58. The molecule has 1 unspecified atom stereocenters. The molecular formula is C13H17N3S. The van der Waals surface area contributed by atoms with Gasteiger partial charge in [-0.05, 0) is 29.5 Å². The molecular weight excluding hydrogens is 230 g/mol. The number of pyridine rings is 1. The van der Waals surface area contributed by atoms with Gasteiger partial charge in [0.25, 0.3) is 0 Å². The molecule has 0 bridgehead atoms. The highest BCUT2D eigenvalue weighted by atomic mass is 32.1. The standard InChI is InChI=1S/C13H17N3S/c1-9(2)13(11-4-3-7-17-11)16-10-5-6-12(14)15-8-10/h3-9,13,16H,1-2H3,(H2,14,15). The minimum absolute atomic E-state index is 0.320. The highest BCUT2D eigenvalue weighted by Gasteiger charge is 2.16. The number of hydrogen-bond donors (Lipinski definition) is 2. The molecule has 2 aromatic heterocycles. The summed E-state index contributed by atoms with van der Waals surface area (Å²) in [7, 11) is 0. The van der Waals surface area contributed by atoms with E-state index in [0.717, 1.165) is 5.69 Å². The van der Waals surface area contributed by atoms with Crippen LogP contribution in [-0.4, -0.2) is 4.98 Å². The fourth-order valence-electron chi connectivity index (χ4n) is 1.70. The molecule has 4 heteroatoms. The van der Waals surface area contributed by atoms with Crippen LogP contribution < -0.4 is 11.1 Å². The third-order valence-corrected chi connectivity index (χ3v) is 3.58. The van der Waals surface area contributed by atoms with Crippen molar-refractivity contribution < 1.29 is 0 Å². The molecule has 17 heavy (non-hydrogen) atoms. The van der Waals surface area contributed by atoms with Crippen molar-refractivity contribution in [2.45, 2.75) is 19.9 Å². The topological polar surface area (TPSA) is 50.9 Å². The summed E-state index contributed by atoms with van der Waals surface area (Å²) in [5, 5.41) is 5.61. The Morgan fingerprint density at radius 1 is 1.29 bits per heavy atom. The molecule has 3 N–H and O–H groups in total. The number of hydrogen-bond acceptors (Lipinski definition) is 4. The van der Waals surface area contributed by atoms with Gasteiger partial charge in [0.1, 0.15) is 5.82 Å². The Morgan fingerprint density at radius 3 is 2.65 bits per heavy atom. The fraction of sp³-hybridized carbons (Fsp3) is 0.308. The summed E-state index contributed by atoms with van der Waals surface area (Å²) >= 11 is 1.77. The van der Waals surface area contributed by atoms with Crippen LogP contribution >= 0.6 is 11.3 Å². The number of aromatic nitrogens is 1. The molecule has 0 aliphatic rings. The molecule has 0 aromatic carbocycles. The van der Waals surface area contributed by atoms with E-state index in [0.29, 0.717) is 17.8 Å². The van der Waals surface area contributed by atoms with Gasteiger partial charge >= 0.3 is 0 Å². The molecule has 2 heterocycles. The second kappa shape index (κ2) is 5.19. The number of rotatable bonds is 4. The van der Waals surface area contributed by atoms with E-state index in [4.69, 9.17) is 5.73 Å². The molecule has 0 aliphatic carbocycles. The third-order valence-electron chi connectivity index (χ3n) is 2.62. The average molecular weight is 247 g/mol. The Bertz CT molecular complexity index is 448. The van der Waals surface area contributed by atoms with E-state index in [1.54, 1.807) is 17.5 Å². The lowest BCUT2D eigenvalue weighted by Gasteiger charge is -2.22. The van der Waals surface area contributed by atoms with E-state index in [9.17, 15) is 0 Å². The van der Waals surface area contributed by atoms with Crippen molar-refractivity contribution in [3.63, 3.8) is 0 Å². The number of nitrogens with two attached hydrogens (primary N) is 1. The number of nitrogen functional groups attached to an aromatic ring is 1. The maximum absolute atomic E-state index is 5.58. The minimum atomic E-state index is 0.320. The number of nitrogens with zero attached hydrogens (tertiary/aromatic N) is 1. The van der Waals surface area contributed by atoms with Gasteiger partial charge < -0.3 is 11.1 Å². The lowest BCUT2D eigenvalue weighted by Crippen LogP contribution is -2.15. The molecule has 0 saturated carbocycles. The van der Waals surface area contributed by atoms with Crippen LogP contribution in [0.5, 0.6) is 0 Å². The van der Waals surface area contributed by atoms with Gasteiger partial charge in [0.15, 0.2) is 0 Å². The first-order valence-corrected chi connectivity index (χ1v) is 6.56.